The summed E-state index contributed by atoms with van der Waals surface area (Å²) < 4.78 is 0. The second-order valence-electron chi connectivity index (χ2n) is 14.6. The number of carboxylic acids is 2. The predicted octanol–water partition coefficient (Wildman–Crippen LogP) is -1.10. The van der Waals surface area contributed by atoms with Crippen LogP contribution in [0.1, 0.15) is 72.4 Å². The van der Waals surface area contributed by atoms with Crippen molar-refractivity contribution >= 4 is 59.3 Å². The van der Waals surface area contributed by atoms with E-state index in [9.17, 15) is 58.8 Å². The molecule has 6 unspecified atom stereocenters. The first-order valence-electron chi connectivity index (χ1n) is 18.6. The van der Waals surface area contributed by atoms with Gasteiger partial charge in [-0.2, -0.15) is 0 Å². The van der Waals surface area contributed by atoms with Crippen LogP contribution >= 0.6 is 0 Å². The van der Waals surface area contributed by atoms with E-state index in [4.69, 9.17) is 11.5 Å². The molecule has 0 bridgehead atoms. The lowest BCUT2D eigenvalue weighted by atomic mass is 9.81. The number of carbonyl (C=O) groups is 8. The second kappa shape index (κ2) is 21.0. The summed E-state index contributed by atoms with van der Waals surface area (Å²) in [4.78, 5) is 101. The number of carboxylic acid groups (broad SMARTS) is 2. The zero-order valence-electron chi connectivity index (χ0n) is 32.5. The van der Waals surface area contributed by atoms with Gasteiger partial charge in [-0.15, -0.1) is 0 Å². The molecule has 0 saturated carbocycles. The zero-order chi connectivity index (χ0) is 43.4. The van der Waals surface area contributed by atoms with Gasteiger partial charge in [0.15, 0.2) is 0 Å². The molecule has 0 spiro atoms. The Bertz CT molecular complexity index is 1760. The number of phenols is 2. The van der Waals surface area contributed by atoms with Crippen molar-refractivity contribution in [1.82, 2.24) is 21.3 Å². The number of carbonyl (C=O) groups excluding carboxylic acids is 6. The summed E-state index contributed by atoms with van der Waals surface area (Å²) in [5.41, 5.74) is 10.6. The number of amides is 2. The third-order valence-corrected chi connectivity index (χ3v) is 9.17. The van der Waals surface area contributed by atoms with Crippen molar-refractivity contribution in [3.63, 3.8) is 0 Å². The minimum Gasteiger partial charge on any atom is -0.507 e. The average Bonchev–Trinajstić information content (AvgIpc) is 3.15. The van der Waals surface area contributed by atoms with Gasteiger partial charge in [-0.1, -0.05) is 27.7 Å². The highest BCUT2D eigenvalue weighted by atomic mass is 16.4. The number of phenolic OH excluding ortho intramolecular Hbond substituents is 2. The van der Waals surface area contributed by atoms with E-state index >= 15 is 0 Å². The van der Waals surface area contributed by atoms with Crippen LogP contribution in [0.15, 0.2) is 24.3 Å². The topological polar surface area (TPSA) is 342 Å². The number of anilines is 2. The highest BCUT2D eigenvalue weighted by Gasteiger charge is 2.38. The van der Waals surface area contributed by atoms with Crippen molar-refractivity contribution in [2.45, 2.75) is 76.8 Å². The van der Waals surface area contributed by atoms with Gasteiger partial charge in [-0.05, 0) is 48.9 Å². The van der Waals surface area contributed by atoms with Gasteiger partial charge < -0.3 is 73.4 Å². The van der Waals surface area contributed by atoms with Crippen molar-refractivity contribution in [2.75, 3.05) is 36.8 Å². The Morgan fingerprint density at radius 3 is 1.24 bits per heavy atom. The number of rotatable bonds is 24. The number of nitrogens with two attached hydrogens (primary N) is 2. The van der Waals surface area contributed by atoms with E-state index in [1.54, 1.807) is 0 Å². The molecule has 20 heteroatoms. The standard InChI is InChI=1S/C38H52N8O12/c1-17(2)13-19(39)35(53)45-23(15-47)31(37(55)56)43-11-9-41-21-5-6-22(28-27(21)33(51)29-25(49)7-8-26(50)30(29)34(28)52)42-10-12-44-32(38(57)58)24(16-48)46-36(54)20(40)14-18(3)4/h5-8,15-20,23-24,31-32,41-44,49-50H,9-14,39-40H2,1-4H3,(H,45,53)(H,46,54)(H,55,56)(H,57,58). The molecule has 14 N–H and O–H groups in total. The molecule has 2 aromatic carbocycles. The van der Waals surface area contributed by atoms with Gasteiger partial charge in [0.2, 0.25) is 23.4 Å². The number of aldehydes is 2. The molecule has 0 aromatic heterocycles. The molecule has 2 aromatic rings. The highest BCUT2D eigenvalue weighted by Crippen LogP contribution is 2.42. The predicted molar refractivity (Wildman–Crippen MR) is 210 cm³/mol. The maximum Gasteiger partial charge on any atom is 0.323 e. The third-order valence-electron chi connectivity index (χ3n) is 9.17. The van der Waals surface area contributed by atoms with Crippen molar-refractivity contribution in [1.29, 1.82) is 0 Å². The summed E-state index contributed by atoms with van der Waals surface area (Å²) in [6, 6.07) is -3.12. The summed E-state index contributed by atoms with van der Waals surface area (Å²) in [5.74, 6) is -7.01. The first-order chi connectivity index (χ1) is 27.3. The quantitative estimate of drug-likeness (QED) is 0.0290. The van der Waals surface area contributed by atoms with Crippen LogP contribution < -0.4 is 43.4 Å². The molecular weight excluding hydrogens is 760 g/mol. The fourth-order valence-electron chi connectivity index (χ4n) is 6.41. The molecule has 0 aliphatic heterocycles. The van der Waals surface area contributed by atoms with E-state index in [2.05, 4.69) is 31.9 Å². The molecule has 0 fully saturated rings. The largest absolute Gasteiger partial charge is 0.507 e. The Hall–Kier alpha value is -5.96. The Morgan fingerprint density at radius 2 is 0.948 bits per heavy atom. The van der Waals surface area contributed by atoms with Crippen molar-refractivity contribution in [3.8, 4) is 11.5 Å². The van der Waals surface area contributed by atoms with Crippen molar-refractivity contribution in [3.05, 3.63) is 46.5 Å². The van der Waals surface area contributed by atoms with Crippen LogP contribution in [-0.4, -0.2) is 131 Å². The lowest BCUT2D eigenvalue weighted by Gasteiger charge is -2.26. The Morgan fingerprint density at radius 1 is 0.603 bits per heavy atom. The molecule has 2 amide bonds. The molecule has 1 aliphatic carbocycles. The number of ketones is 2. The van der Waals surface area contributed by atoms with Crippen molar-refractivity contribution < 1.29 is 58.8 Å². The van der Waals surface area contributed by atoms with E-state index in [0.29, 0.717) is 12.8 Å². The van der Waals surface area contributed by atoms with Gasteiger partial charge in [-0.3, -0.25) is 28.8 Å². The molecule has 0 heterocycles. The molecular formula is C38H52N8O12. The summed E-state index contributed by atoms with van der Waals surface area (Å²) in [6.45, 7) is 6.91. The molecule has 58 heavy (non-hydrogen) atoms. The number of hydrogen-bond donors (Lipinski definition) is 12. The molecule has 0 saturated heterocycles. The number of benzene rings is 2. The minimum atomic E-state index is -1.57. The first kappa shape index (κ1) is 46.4. The average molecular weight is 813 g/mol. The second-order valence-corrected chi connectivity index (χ2v) is 14.6. The van der Waals surface area contributed by atoms with E-state index in [-0.39, 0.29) is 73.1 Å². The van der Waals surface area contributed by atoms with Gasteiger partial charge in [0.05, 0.1) is 34.3 Å². The Labute approximate surface area is 333 Å². The Balaban J connectivity index is 1.82. The summed E-state index contributed by atoms with van der Waals surface area (Å²) in [5, 5.41) is 56.7. The van der Waals surface area contributed by atoms with Crippen LogP contribution in [0.25, 0.3) is 0 Å². The number of hydrogen-bond acceptors (Lipinski definition) is 16. The van der Waals surface area contributed by atoms with E-state index in [0.717, 1.165) is 12.1 Å². The van der Waals surface area contributed by atoms with Crippen LogP contribution in [-0.2, 0) is 28.8 Å². The number of aliphatic carboxylic acids is 2. The molecule has 1 aliphatic rings. The van der Waals surface area contributed by atoms with Gasteiger partial charge in [-0.25, -0.2) is 0 Å². The van der Waals surface area contributed by atoms with E-state index in [1.165, 1.54) is 12.1 Å². The lowest BCUT2D eigenvalue weighted by molar-refractivity contribution is -0.142. The monoisotopic (exact) mass is 812 g/mol. The van der Waals surface area contributed by atoms with E-state index in [1.807, 2.05) is 27.7 Å². The number of fused-ring (bicyclic) bond motifs is 2. The molecule has 3 rings (SSSR count). The smallest absolute Gasteiger partial charge is 0.323 e. The van der Waals surface area contributed by atoms with Crippen LogP contribution in [0.4, 0.5) is 11.4 Å². The van der Waals surface area contributed by atoms with Crippen LogP contribution in [0, 0.1) is 11.8 Å². The fraction of sp³-hybridized carbons (Fsp3) is 0.474. The molecule has 316 valence electrons. The van der Waals surface area contributed by atoms with Crippen LogP contribution in [0.2, 0.25) is 0 Å². The molecule has 6 atom stereocenters. The summed E-state index contributed by atoms with van der Waals surface area (Å²) >= 11 is 0. The van der Waals surface area contributed by atoms with Gasteiger partial charge >= 0.3 is 11.9 Å². The van der Waals surface area contributed by atoms with Crippen LogP contribution in [0.3, 0.4) is 0 Å². The lowest BCUT2D eigenvalue weighted by Crippen LogP contribution is -2.58. The maximum absolute atomic E-state index is 14.0. The number of aromatic hydroxyl groups is 2. The van der Waals surface area contributed by atoms with E-state index < -0.39 is 94.2 Å². The molecule has 20 nitrogen and oxygen atoms in total. The minimum absolute atomic E-state index is 0.0632. The zero-order valence-corrected chi connectivity index (χ0v) is 32.5. The number of nitrogens with one attached hydrogen (secondary N) is 6. The van der Waals surface area contributed by atoms with Gasteiger partial charge in [0.25, 0.3) is 0 Å². The summed E-state index contributed by atoms with van der Waals surface area (Å²) in [6.07, 6.45) is 1.14. The Kier molecular flexibility index (Phi) is 16.8. The van der Waals surface area contributed by atoms with Gasteiger partial charge in [0.1, 0.15) is 48.2 Å². The van der Waals surface area contributed by atoms with Crippen LogP contribution in [0.5, 0.6) is 11.5 Å². The SMILES string of the molecule is CC(C)CC(N)C(=O)NC(C=O)C(NCCNc1ccc(NCCNC(C(=O)O)C(C=O)NC(=O)C(N)CC(C)C)c2c1C(=O)c1c(O)ccc(O)c1C2=O)C(=O)O. The van der Waals surface area contributed by atoms with Crippen molar-refractivity contribution in [2.24, 2.45) is 23.3 Å². The first-order valence-corrected chi connectivity index (χ1v) is 18.6. The third kappa shape index (κ3) is 11.6. The normalized spacial score (nSPS) is 15.2. The highest BCUT2D eigenvalue weighted by molar-refractivity contribution is 6.33. The maximum atomic E-state index is 14.0. The fourth-order valence-corrected chi connectivity index (χ4v) is 6.41. The van der Waals surface area contributed by atoms with Gasteiger partial charge in [0, 0.05) is 37.6 Å². The summed E-state index contributed by atoms with van der Waals surface area (Å²) in [7, 11) is 0. The molecule has 0 radical (unpaired) electrons.